The van der Waals surface area contributed by atoms with Crippen molar-refractivity contribution in [1.82, 2.24) is 42.5 Å². The average molecular weight is 1460 g/mol. The molecule has 12 nitrogen and oxygen atoms in total. The van der Waals surface area contributed by atoms with E-state index >= 15 is 0 Å². The maximum absolute atomic E-state index is 9.91. The molecule has 13 heteroatoms. The zero-order valence-corrected chi connectivity index (χ0v) is 64.5. The Kier molecular flexibility index (Phi) is 25.6. The van der Waals surface area contributed by atoms with Gasteiger partial charge in [-0.15, -0.1) is 0 Å². The second kappa shape index (κ2) is 34.6. The largest absolute Gasteiger partial charge is 0.508 e. The van der Waals surface area contributed by atoms with Gasteiger partial charge in [-0.05, 0) is 145 Å². The Morgan fingerprint density at radius 1 is 0.210 bits per heavy atom. The molecule has 8 aromatic rings. The van der Waals surface area contributed by atoms with E-state index in [2.05, 4.69) is 146 Å². The summed E-state index contributed by atoms with van der Waals surface area (Å²) in [6, 6.07) is 71.0. The Bertz CT molecular complexity index is 3430. The molecule has 0 aromatic heterocycles. The van der Waals surface area contributed by atoms with Crippen LogP contribution < -0.4 is 42.5 Å². The van der Waals surface area contributed by atoms with Gasteiger partial charge in [-0.3, -0.25) is 42.5 Å². The first-order valence-electron chi connectivity index (χ1n) is 39.7. The van der Waals surface area contributed by atoms with Crippen molar-refractivity contribution in [3.05, 3.63) is 263 Å². The van der Waals surface area contributed by atoms with Crippen LogP contribution in [-0.4, -0.2) is 69.8 Å². The monoisotopic (exact) mass is 1460 g/mol. The van der Waals surface area contributed by atoms with E-state index in [9.17, 15) is 20.4 Å². The van der Waals surface area contributed by atoms with Crippen molar-refractivity contribution in [2.24, 2.45) is 47.3 Å². The van der Waals surface area contributed by atoms with Crippen molar-refractivity contribution in [1.29, 1.82) is 0 Å². The number of phenolic OH excluding ortho intramolecular Hbond substituents is 4. The number of benzene rings is 8. The van der Waals surface area contributed by atoms with E-state index in [1.807, 2.05) is 146 Å². The molecule has 9 fully saturated rings. The molecule has 5 aliphatic heterocycles. The molecule has 8 bridgehead atoms. The van der Waals surface area contributed by atoms with Crippen molar-refractivity contribution in [3.63, 3.8) is 0 Å². The molecule has 8 unspecified atom stereocenters. The molecule has 0 spiro atoms. The van der Waals surface area contributed by atoms with E-state index < -0.39 is 0 Å². The molecule has 17 rings (SSSR count). The Morgan fingerprint density at radius 3 is 0.486 bits per heavy atom. The van der Waals surface area contributed by atoms with Gasteiger partial charge in [-0.2, -0.15) is 0 Å². The Morgan fingerprint density at radius 2 is 0.343 bits per heavy atom. The maximum atomic E-state index is 9.91. The SMILES string of the molecule is C1CCC2C3NC(NC4NC(NC5NC(NC6NC(N3)C3CCCCC63)C3CCCCC53)C3CCCCC43)C2C1.CC(C)(c1ccccc1)c1ccccc1O.CC(C)(c1ccccc1)c1ccccc1O.CC(C)(c1ccccc1)c1ccccc1O.CC(C)(c1ccccc1)c1ccccc1O.[Co]. The third kappa shape index (κ3) is 17.3. The molecule has 5 heterocycles. The van der Waals surface area contributed by atoms with Gasteiger partial charge >= 0.3 is 0 Å². The molecule has 8 aromatic carbocycles. The summed E-state index contributed by atoms with van der Waals surface area (Å²) in [6.45, 7) is 17.0. The number of rotatable bonds is 8. The number of para-hydroxylation sites is 4. The van der Waals surface area contributed by atoms with Gasteiger partial charge in [0.15, 0.2) is 0 Å². The minimum Gasteiger partial charge on any atom is -0.508 e. The van der Waals surface area contributed by atoms with Crippen LogP contribution >= 0.6 is 0 Å². The van der Waals surface area contributed by atoms with Gasteiger partial charge in [0, 0.05) is 60.7 Å². The van der Waals surface area contributed by atoms with E-state index in [0.29, 0.717) is 72.3 Å². The summed E-state index contributed by atoms with van der Waals surface area (Å²) in [4.78, 5) is 0. The summed E-state index contributed by atoms with van der Waals surface area (Å²) < 4.78 is 0. The quantitative estimate of drug-likeness (QED) is 0.0695. The van der Waals surface area contributed by atoms with Crippen molar-refractivity contribution in [3.8, 4) is 23.0 Å². The summed E-state index contributed by atoms with van der Waals surface area (Å²) in [7, 11) is 0. The first-order valence-corrected chi connectivity index (χ1v) is 39.7. The molecule has 1 radical (unpaired) electrons. The van der Waals surface area contributed by atoms with Crippen LogP contribution in [0.1, 0.15) is 203 Å². The van der Waals surface area contributed by atoms with Gasteiger partial charge in [-0.25, -0.2) is 0 Å². The van der Waals surface area contributed by atoms with E-state index in [1.54, 1.807) is 24.3 Å². The second-order valence-electron chi connectivity index (χ2n) is 33.6. The topological polar surface area (TPSA) is 177 Å². The third-order valence-electron chi connectivity index (χ3n) is 26.1. The van der Waals surface area contributed by atoms with Crippen LogP contribution in [0, 0.1) is 47.3 Å². The van der Waals surface area contributed by atoms with Crippen LogP contribution in [0.4, 0.5) is 0 Å². The predicted octanol–water partition coefficient (Wildman–Crippen LogP) is 17.5. The molecule has 105 heavy (non-hydrogen) atoms. The summed E-state index contributed by atoms with van der Waals surface area (Å²) >= 11 is 0. The van der Waals surface area contributed by atoms with Crippen molar-refractivity contribution >= 4 is 0 Å². The molecular weight excluding hydrogens is 1340 g/mol. The Labute approximate surface area is 638 Å². The van der Waals surface area contributed by atoms with Crippen molar-refractivity contribution < 1.29 is 37.2 Å². The summed E-state index contributed by atoms with van der Waals surface area (Å²) in [6.07, 6.45) is 25.6. The number of fused-ring (bicyclic) bond motifs is 20. The number of aromatic hydroxyl groups is 4. The number of hydrogen-bond donors (Lipinski definition) is 12. The van der Waals surface area contributed by atoms with Crippen LogP contribution in [0.5, 0.6) is 23.0 Å². The first-order chi connectivity index (χ1) is 50.3. The average Bonchev–Trinajstić information content (AvgIpc) is 1.63. The third-order valence-corrected chi connectivity index (χ3v) is 26.1. The molecule has 12 N–H and O–H groups in total. The summed E-state index contributed by atoms with van der Waals surface area (Å²) in [5, 5.41) is 73.4. The summed E-state index contributed by atoms with van der Waals surface area (Å²) in [5.74, 6) is 7.40. The van der Waals surface area contributed by atoms with E-state index in [-0.39, 0.29) is 38.4 Å². The van der Waals surface area contributed by atoms with Gasteiger partial charge in [0.05, 0.1) is 49.3 Å². The van der Waals surface area contributed by atoms with Gasteiger partial charge in [0.25, 0.3) is 0 Å². The normalized spacial score (nSPS) is 28.9. The van der Waals surface area contributed by atoms with Crippen LogP contribution in [0.3, 0.4) is 0 Å². The predicted molar refractivity (Wildman–Crippen MR) is 424 cm³/mol. The van der Waals surface area contributed by atoms with Gasteiger partial charge in [0.1, 0.15) is 23.0 Å². The fourth-order valence-corrected chi connectivity index (χ4v) is 20.0. The van der Waals surface area contributed by atoms with Gasteiger partial charge in [0.2, 0.25) is 0 Å². The standard InChI is InChI=1S/C32H56N8.4C15H16O.Co/c1-2-10-18-17(9-1)25-33-26(18)38-28-21-13-5-6-14-22(21)30(35-28)40-32-24-16-8-7-15-23(24)31(36-32)39-29-20-12-4-3-11-19(20)27(34-29)37-25;4*1-15(2,12-8-4-3-5-9-12)13-10-6-7-11-14(13)16;/h17-40H,1-16H2;4*3-11,16H,1-2H3;. The smallest absolute Gasteiger partial charge is 0.119 e. The maximum Gasteiger partial charge on any atom is 0.119 e. The molecule has 0 amide bonds. The van der Waals surface area contributed by atoms with E-state index in [0.717, 1.165) is 69.6 Å². The van der Waals surface area contributed by atoms with E-state index in [1.165, 1.54) is 125 Å². The van der Waals surface area contributed by atoms with Crippen LogP contribution in [0.2, 0.25) is 0 Å². The molecule has 561 valence electrons. The van der Waals surface area contributed by atoms with Crippen LogP contribution in [-0.2, 0) is 38.4 Å². The molecule has 9 aliphatic rings. The molecular formula is C92H120CoN8O4. The van der Waals surface area contributed by atoms with Crippen molar-refractivity contribution in [2.45, 2.75) is 229 Å². The molecule has 4 aliphatic carbocycles. The van der Waals surface area contributed by atoms with Crippen LogP contribution in [0.15, 0.2) is 218 Å². The Hall–Kier alpha value is -6.85. The zero-order valence-electron chi connectivity index (χ0n) is 63.5. The zero-order chi connectivity index (χ0) is 72.6. The fourth-order valence-electron chi connectivity index (χ4n) is 20.0. The minimum absolute atomic E-state index is 0. The number of nitrogens with one attached hydrogen (secondary N) is 8. The van der Waals surface area contributed by atoms with Crippen LogP contribution in [0.25, 0.3) is 0 Å². The first kappa shape index (κ1) is 77.8. The van der Waals surface area contributed by atoms with Gasteiger partial charge < -0.3 is 20.4 Å². The molecule has 8 atom stereocenters. The van der Waals surface area contributed by atoms with Gasteiger partial charge in [-0.1, -0.05) is 301 Å². The summed E-state index contributed by atoms with van der Waals surface area (Å²) in [5.41, 5.74) is 7.96. The van der Waals surface area contributed by atoms with Crippen molar-refractivity contribution in [2.75, 3.05) is 0 Å². The Balaban J connectivity index is 0.000000134. The van der Waals surface area contributed by atoms with E-state index in [4.69, 9.17) is 0 Å². The molecule has 4 saturated carbocycles. The number of phenols is 4. The molecule has 5 saturated heterocycles. The fraction of sp³-hybridized carbons (Fsp3) is 0.478. The second-order valence-corrected chi connectivity index (χ2v) is 33.6. The number of hydrogen-bond acceptors (Lipinski definition) is 12. The minimum atomic E-state index is -0.174.